The Labute approximate surface area is 182 Å². The molecule has 7 nitrogen and oxygen atoms in total. The van der Waals surface area contributed by atoms with Crippen LogP contribution in [0.4, 0.5) is 11.5 Å². The van der Waals surface area contributed by atoms with Gasteiger partial charge in [0.15, 0.2) is 0 Å². The Morgan fingerprint density at radius 3 is 2.45 bits per heavy atom. The van der Waals surface area contributed by atoms with Crippen molar-refractivity contribution in [1.29, 1.82) is 0 Å². The normalized spacial score (nSPS) is 12.6. The fourth-order valence-corrected chi connectivity index (χ4v) is 4.11. The first-order valence-corrected chi connectivity index (χ1v) is 11.4. The van der Waals surface area contributed by atoms with E-state index in [9.17, 15) is 8.42 Å². The molecule has 0 unspecified atom stereocenters. The van der Waals surface area contributed by atoms with Crippen LogP contribution < -0.4 is 15.4 Å². The third-order valence-electron chi connectivity index (χ3n) is 5.36. The van der Waals surface area contributed by atoms with Crippen molar-refractivity contribution in [3.63, 3.8) is 0 Å². The summed E-state index contributed by atoms with van der Waals surface area (Å²) in [5.41, 5.74) is 4.57. The molecule has 8 heteroatoms. The Bertz CT molecular complexity index is 1280. The second-order valence-corrected chi connectivity index (χ2v) is 9.19. The average Bonchev–Trinajstić information content (AvgIpc) is 3.18. The van der Waals surface area contributed by atoms with Crippen molar-refractivity contribution < 1.29 is 8.42 Å². The van der Waals surface area contributed by atoms with Crippen molar-refractivity contribution in [2.24, 2.45) is 5.14 Å². The van der Waals surface area contributed by atoms with Gasteiger partial charge in [-0.3, -0.25) is 0 Å². The topological polar surface area (TPSA) is 104 Å². The van der Waals surface area contributed by atoms with E-state index in [1.807, 2.05) is 32.4 Å². The number of sulfonamides is 1. The van der Waals surface area contributed by atoms with Crippen LogP contribution >= 0.6 is 0 Å². The van der Waals surface area contributed by atoms with Crippen molar-refractivity contribution >= 4 is 32.4 Å². The van der Waals surface area contributed by atoms with Gasteiger partial charge in [-0.1, -0.05) is 30.3 Å². The van der Waals surface area contributed by atoms with Crippen LogP contribution in [0.2, 0.25) is 0 Å². The number of nitrogens with two attached hydrogens (primary N) is 1. The van der Waals surface area contributed by atoms with Gasteiger partial charge in [-0.2, -0.15) is 0 Å². The minimum atomic E-state index is -3.76. The molecule has 0 fully saturated rings. The number of rotatable bonds is 7. The van der Waals surface area contributed by atoms with Gasteiger partial charge in [0, 0.05) is 55.5 Å². The summed E-state index contributed by atoms with van der Waals surface area (Å²) in [5.74, 6) is 0.647. The number of H-pyrrole nitrogens is 1. The fraction of sp³-hybridized carbons (Fsp3) is 0.174. The zero-order chi connectivity index (χ0) is 22.0. The summed E-state index contributed by atoms with van der Waals surface area (Å²) < 4.78 is 22.9. The van der Waals surface area contributed by atoms with Gasteiger partial charge in [-0.25, -0.2) is 18.5 Å². The Morgan fingerprint density at radius 1 is 1.06 bits per heavy atom. The van der Waals surface area contributed by atoms with Gasteiger partial charge in [-0.15, -0.1) is 0 Å². The number of aromatic nitrogens is 2. The van der Waals surface area contributed by atoms with E-state index in [1.165, 1.54) is 28.8 Å². The van der Waals surface area contributed by atoms with Gasteiger partial charge < -0.3 is 15.2 Å². The first-order chi connectivity index (χ1) is 14.8. The minimum absolute atomic E-state index is 0.00879. The number of aromatic amines is 1. The zero-order valence-electron chi connectivity index (χ0n) is 17.4. The molecule has 1 atom stereocenters. The first kappa shape index (κ1) is 20.9. The van der Waals surface area contributed by atoms with E-state index < -0.39 is 10.0 Å². The minimum Gasteiger partial charge on any atom is -0.378 e. The molecule has 0 aliphatic heterocycles. The van der Waals surface area contributed by atoms with Gasteiger partial charge in [0.25, 0.3) is 0 Å². The average molecular weight is 436 g/mol. The summed E-state index contributed by atoms with van der Waals surface area (Å²) in [7, 11) is 0.274. The van der Waals surface area contributed by atoms with E-state index in [2.05, 4.69) is 56.6 Å². The number of benzene rings is 2. The molecule has 160 valence electrons. The number of primary sulfonamides is 1. The highest BCUT2D eigenvalue weighted by Crippen LogP contribution is 2.32. The second-order valence-electron chi connectivity index (χ2n) is 7.63. The highest BCUT2D eigenvalue weighted by atomic mass is 32.2. The van der Waals surface area contributed by atoms with Crippen LogP contribution in [-0.2, 0) is 10.0 Å². The SMILES string of the molecule is CN(C)c1ccc([C@H](CNc2ccc(S(N)(=O)=O)cn2)c2c[nH]c3ccccc23)cc1. The maximum Gasteiger partial charge on any atom is 0.239 e. The molecule has 4 aromatic rings. The third-order valence-corrected chi connectivity index (χ3v) is 6.26. The number of pyridine rings is 1. The molecule has 0 aliphatic carbocycles. The van der Waals surface area contributed by atoms with Crippen LogP contribution in [0.15, 0.2) is 78.0 Å². The van der Waals surface area contributed by atoms with Gasteiger partial charge in [0.1, 0.15) is 10.7 Å². The number of fused-ring (bicyclic) bond motifs is 1. The van der Waals surface area contributed by atoms with Crippen LogP contribution in [-0.4, -0.2) is 39.0 Å². The van der Waals surface area contributed by atoms with Gasteiger partial charge in [-0.05, 0) is 41.5 Å². The van der Waals surface area contributed by atoms with Crippen molar-refractivity contribution in [3.8, 4) is 0 Å². The summed E-state index contributed by atoms with van der Waals surface area (Å²) in [6.45, 7) is 0.588. The van der Waals surface area contributed by atoms with Crippen molar-refractivity contribution in [2.75, 3.05) is 30.9 Å². The maximum absolute atomic E-state index is 11.5. The van der Waals surface area contributed by atoms with Gasteiger partial charge in [0.2, 0.25) is 10.0 Å². The van der Waals surface area contributed by atoms with E-state index in [-0.39, 0.29) is 10.8 Å². The van der Waals surface area contributed by atoms with Crippen LogP contribution in [0.5, 0.6) is 0 Å². The Morgan fingerprint density at radius 2 is 1.81 bits per heavy atom. The Hall–Kier alpha value is -3.36. The molecule has 0 saturated heterocycles. The van der Waals surface area contributed by atoms with Crippen LogP contribution in [0.25, 0.3) is 10.9 Å². The standard InChI is InChI=1S/C23H25N5O2S/c1-28(2)17-9-7-16(8-10-17)20(21-15-25-22-6-4-3-5-19(21)22)14-27-23-12-11-18(13-26-23)31(24,29)30/h3-13,15,20,25H,14H2,1-2H3,(H,26,27)(H2,24,29,30)/t20-/m0/s1. The van der Waals surface area contributed by atoms with Gasteiger partial charge >= 0.3 is 0 Å². The summed E-state index contributed by atoms with van der Waals surface area (Å²) in [6.07, 6.45) is 3.32. The molecular formula is C23H25N5O2S. The molecule has 31 heavy (non-hydrogen) atoms. The molecule has 2 aromatic carbocycles. The summed E-state index contributed by atoms with van der Waals surface area (Å²) in [5, 5.41) is 9.67. The molecule has 0 radical (unpaired) electrons. The highest BCUT2D eigenvalue weighted by Gasteiger charge is 2.19. The number of hydrogen-bond donors (Lipinski definition) is 3. The van der Waals surface area contributed by atoms with Crippen molar-refractivity contribution in [1.82, 2.24) is 9.97 Å². The van der Waals surface area contributed by atoms with Crippen molar-refractivity contribution in [2.45, 2.75) is 10.8 Å². The van der Waals surface area contributed by atoms with Crippen molar-refractivity contribution in [3.05, 3.63) is 84.2 Å². The number of anilines is 2. The monoisotopic (exact) mass is 435 g/mol. The maximum atomic E-state index is 11.5. The Kier molecular flexibility index (Phi) is 5.67. The molecule has 2 heterocycles. The summed E-state index contributed by atoms with van der Waals surface area (Å²) in [6, 6.07) is 19.8. The highest BCUT2D eigenvalue weighted by molar-refractivity contribution is 7.89. The first-order valence-electron chi connectivity index (χ1n) is 9.89. The number of hydrogen-bond acceptors (Lipinski definition) is 5. The molecule has 4 rings (SSSR count). The molecule has 0 saturated carbocycles. The molecule has 0 amide bonds. The fourth-order valence-electron chi connectivity index (χ4n) is 3.65. The Balaban J connectivity index is 1.65. The van der Waals surface area contributed by atoms with E-state index in [1.54, 1.807) is 6.07 Å². The third kappa shape index (κ3) is 4.55. The lowest BCUT2D eigenvalue weighted by Gasteiger charge is -2.20. The molecule has 0 bridgehead atoms. The van der Waals surface area contributed by atoms with E-state index in [4.69, 9.17) is 5.14 Å². The van der Waals surface area contributed by atoms with E-state index in [0.29, 0.717) is 12.4 Å². The lowest BCUT2D eigenvalue weighted by Crippen LogP contribution is -2.16. The molecular weight excluding hydrogens is 410 g/mol. The quantitative estimate of drug-likeness (QED) is 0.412. The second kappa shape index (κ2) is 8.41. The van der Waals surface area contributed by atoms with Crippen LogP contribution in [0, 0.1) is 0 Å². The molecule has 0 spiro atoms. The lowest BCUT2D eigenvalue weighted by molar-refractivity contribution is 0.597. The smallest absolute Gasteiger partial charge is 0.239 e. The summed E-state index contributed by atoms with van der Waals surface area (Å²) >= 11 is 0. The van der Waals surface area contributed by atoms with Crippen LogP contribution in [0.1, 0.15) is 17.0 Å². The predicted octanol–water partition coefficient (Wildman–Crippen LogP) is 3.52. The molecule has 0 aliphatic rings. The van der Waals surface area contributed by atoms with Gasteiger partial charge in [0.05, 0.1) is 0 Å². The molecule has 4 N–H and O–H groups in total. The largest absolute Gasteiger partial charge is 0.378 e. The number of nitrogens with one attached hydrogen (secondary N) is 2. The molecule has 2 aromatic heterocycles. The predicted molar refractivity (Wildman–Crippen MR) is 125 cm³/mol. The van der Waals surface area contributed by atoms with Crippen LogP contribution in [0.3, 0.4) is 0 Å². The zero-order valence-corrected chi connectivity index (χ0v) is 18.2. The lowest BCUT2D eigenvalue weighted by atomic mass is 9.90. The van der Waals surface area contributed by atoms with E-state index in [0.717, 1.165) is 11.2 Å². The van der Waals surface area contributed by atoms with E-state index >= 15 is 0 Å². The number of nitrogens with zero attached hydrogens (tertiary/aromatic N) is 2. The summed E-state index contributed by atoms with van der Waals surface area (Å²) in [4.78, 5) is 9.63. The number of para-hydroxylation sites is 1.